The van der Waals surface area contributed by atoms with E-state index in [0.717, 1.165) is 63.4 Å². The molecule has 170 valence electrons. The van der Waals surface area contributed by atoms with Gasteiger partial charge in [0.05, 0.1) is 22.4 Å². The minimum absolute atomic E-state index is 0.449. The van der Waals surface area contributed by atoms with Gasteiger partial charge in [-0.15, -0.1) is 0 Å². The molecule has 1 unspecified atom stereocenters. The van der Waals surface area contributed by atoms with Crippen LogP contribution in [0.3, 0.4) is 0 Å². The minimum Gasteiger partial charge on any atom is -0.374 e. The van der Waals surface area contributed by atoms with Crippen LogP contribution in [0.25, 0.3) is 22.2 Å². The van der Waals surface area contributed by atoms with Crippen molar-refractivity contribution in [1.29, 1.82) is 0 Å². The van der Waals surface area contributed by atoms with E-state index in [9.17, 15) is 5.11 Å². The standard InChI is InChI=1S/C28H26N4O2/c1-16-11-12-29-24(13-16)28(33,21-7-5-4-6-8-21)22-14-20(25-17(2)32-34-18(25)3)15-23-26(22)31-27(30-23)19-9-10-19/h4-8,11-15,19,33H,9-10H2,1-3H3,(H,30,31). The van der Waals surface area contributed by atoms with Crippen LogP contribution in [0.5, 0.6) is 0 Å². The number of pyridine rings is 1. The van der Waals surface area contributed by atoms with Crippen LogP contribution in [0.1, 0.15) is 58.4 Å². The number of hydrogen-bond donors (Lipinski definition) is 2. The number of aryl methyl sites for hydroxylation is 3. The molecule has 0 spiro atoms. The number of aromatic nitrogens is 4. The van der Waals surface area contributed by atoms with Crippen LogP contribution < -0.4 is 0 Å². The molecular weight excluding hydrogens is 424 g/mol. The summed E-state index contributed by atoms with van der Waals surface area (Å²) in [4.78, 5) is 13.2. The predicted octanol–water partition coefficient (Wildman–Crippen LogP) is 5.70. The summed E-state index contributed by atoms with van der Waals surface area (Å²) in [6.07, 6.45) is 4.01. The first-order valence-corrected chi connectivity index (χ1v) is 11.6. The fraction of sp³-hybridized carbons (Fsp3) is 0.250. The van der Waals surface area contributed by atoms with E-state index in [1.165, 1.54) is 0 Å². The molecule has 1 aliphatic rings. The van der Waals surface area contributed by atoms with Crippen LogP contribution in [-0.4, -0.2) is 25.2 Å². The van der Waals surface area contributed by atoms with E-state index >= 15 is 0 Å². The monoisotopic (exact) mass is 450 g/mol. The smallest absolute Gasteiger partial charge is 0.159 e. The summed E-state index contributed by atoms with van der Waals surface area (Å²) >= 11 is 0. The number of fused-ring (bicyclic) bond motifs is 1. The number of imidazole rings is 1. The Morgan fingerprint density at radius 3 is 2.50 bits per heavy atom. The number of rotatable bonds is 5. The predicted molar refractivity (Wildman–Crippen MR) is 131 cm³/mol. The summed E-state index contributed by atoms with van der Waals surface area (Å²) in [5.41, 5.74) is 5.81. The summed E-state index contributed by atoms with van der Waals surface area (Å²) in [5.74, 6) is 2.16. The van der Waals surface area contributed by atoms with E-state index in [1.807, 2.05) is 69.3 Å². The first-order valence-electron chi connectivity index (χ1n) is 11.6. The Balaban J connectivity index is 1.70. The Bertz CT molecular complexity index is 1500. The molecule has 6 heteroatoms. The number of aromatic amines is 1. The van der Waals surface area contributed by atoms with Gasteiger partial charge in [0, 0.05) is 23.2 Å². The second-order valence-corrected chi connectivity index (χ2v) is 9.31. The van der Waals surface area contributed by atoms with Crippen LogP contribution in [0.15, 0.2) is 65.3 Å². The second kappa shape index (κ2) is 7.64. The largest absolute Gasteiger partial charge is 0.374 e. The van der Waals surface area contributed by atoms with Gasteiger partial charge < -0.3 is 14.6 Å². The van der Waals surface area contributed by atoms with Crippen molar-refractivity contribution in [3.8, 4) is 11.1 Å². The van der Waals surface area contributed by atoms with E-state index in [-0.39, 0.29) is 0 Å². The van der Waals surface area contributed by atoms with E-state index in [4.69, 9.17) is 9.51 Å². The minimum atomic E-state index is -1.50. The average molecular weight is 451 g/mol. The molecule has 1 fully saturated rings. The molecule has 6 rings (SSSR count). The second-order valence-electron chi connectivity index (χ2n) is 9.31. The highest BCUT2D eigenvalue weighted by Gasteiger charge is 2.39. The first-order chi connectivity index (χ1) is 16.4. The number of nitrogens with zero attached hydrogens (tertiary/aromatic N) is 3. The molecule has 3 aromatic heterocycles. The van der Waals surface area contributed by atoms with E-state index in [1.54, 1.807) is 6.20 Å². The van der Waals surface area contributed by atoms with E-state index < -0.39 is 5.60 Å². The van der Waals surface area contributed by atoms with Crippen molar-refractivity contribution in [2.24, 2.45) is 0 Å². The third-order valence-electron chi connectivity index (χ3n) is 6.76. The van der Waals surface area contributed by atoms with Gasteiger partial charge in [0.15, 0.2) is 5.60 Å². The number of hydrogen-bond acceptors (Lipinski definition) is 5. The van der Waals surface area contributed by atoms with Crippen molar-refractivity contribution in [2.75, 3.05) is 0 Å². The Hall–Kier alpha value is -3.77. The van der Waals surface area contributed by atoms with Crippen molar-refractivity contribution in [3.63, 3.8) is 0 Å². The Morgan fingerprint density at radius 1 is 1.03 bits per heavy atom. The van der Waals surface area contributed by atoms with Gasteiger partial charge in [-0.2, -0.15) is 0 Å². The molecule has 3 heterocycles. The van der Waals surface area contributed by atoms with Gasteiger partial charge in [-0.1, -0.05) is 35.5 Å². The normalized spacial score (nSPS) is 15.5. The van der Waals surface area contributed by atoms with Gasteiger partial charge in [-0.3, -0.25) is 4.98 Å². The van der Waals surface area contributed by atoms with Gasteiger partial charge >= 0.3 is 0 Å². The maximum atomic E-state index is 12.6. The van der Waals surface area contributed by atoms with Crippen LogP contribution >= 0.6 is 0 Å². The van der Waals surface area contributed by atoms with Crippen LogP contribution in [0, 0.1) is 20.8 Å². The Kier molecular flexibility index (Phi) is 4.67. The maximum Gasteiger partial charge on any atom is 0.159 e. The molecule has 0 aliphatic heterocycles. The molecule has 5 aromatic rings. The van der Waals surface area contributed by atoms with Crippen molar-refractivity contribution in [2.45, 2.75) is 45.1 Å². The van der Waals surface area contributed by atoms with Gasteiger partial charge in [0.1, 0.15) is 11.6 Å². The molecular formula is C28H26N4O2. The molecule has 6 nitrogen and oxygen atoms in total. The van der Waals surface area contributed by atoms with Gasteiger partial charge in [0.25, 0.3) is 0 Å². The quantitative estimate of drug-likeness (QED) is 0.359. The first kappa shape index (κ1) is 20.8. The fourth-order valence-corrected chi connectivity index (χ4v) is 4.86. The molecule has 2 aromatic carbocycles. The molecule has 34 heavy (non-hydrogen) atoms. The molecule has 0 radical (unpaired) electrons. The number of H-pyrrole nitrogens is 1. The van der Waals surface area contributed by atoms with Gasteiger partial charge in [-0.25, -0.2) is 4.98 Å². The highest BCUT2D eigenvalue weighted by atomic mass is 16.5. The van der Waals surface area contributed by atoms with Crippen molar-refractivity contribution in [1.82, 2.24) is 20.1 Å². The maximum absolute atomic E-state index is 12.6. The van der Waals surface area contributed by atoms with Crippen molar-refractivity contribution < 1.29 is 9.63 Å². The molecule has 0 amide bonds. The van der Waals surface area contributed by atoms with Crippen LogP contribution in [-0.2, 0) is 5.60 Å². The lowest BCUT2D eigenvalue weighted by molar-refractivity contribution is 0.122. The highest BCUT2D eigenvalue weighted by molar-refractivity contribution is 5.88. The molecule has 1 atom stereocenters. The summed E-state index contributed by atoms with van der Waals surface area (Å²) in [6, 6.07) is 17.7. The zero-order valence-corrected chi connectivity index (χ0v) is 19.5. The lowest BCUT2D eigenvalue weighted by Gasteiger charge is -2.30. The average Bonchev–Trinajstić information content (AvgIpc) is 3.52. The van der Waals surface area contributed by atoms with Crippen molar-refractivity contribution in [3.05, 3.63) is 100 Å². The Labute approximate surface area is 197 Å². The number of nitrogens with one attached hydrogen (secondary N) is 1. The topological polar surface area (TPSA) is 87.8 Å². The summed E-state index contributed by atoms with van der Waals surface area (Å²) in [7, 11) is 0. The SMILES string of the molecule is Cc1ccnc(C(O)(c2ccccc2)c2cc(-c3c(C)noc3C)cc3[nH]c(C4CC4)nc23)c1. The molecule has 1 saturated carbocycles. The number of benzene rings is 2. The fourth-order valence-electron chi connectivity index (χ4n) is 4.86. The van der Waals surface area contributed by atoms with Gasteiger partial charge in [0.2, 0.25) is 0 Å². The molecule has 0 bridgehead atoms. The zero-order valence-electron chi connectivity index (χ0n) is 19.5. The molecule has 1 aliphatic carbocycles. The molecule has 0 saturated heterocycles. The third kappa shape index (κ3) is 3.25. The number of aliphatic hydroxyl groups is 1. The third-order valence-corrected chi connectivity index (χ3v) is 6.76. The van der Waals surface area contributed by atoms with Crippen LogP contribution in [0.4, 0.5) is 0 Å². The summed E-state index contributed by atoms with van der Waals surface area (Å²) in [6.45, 7) is 5.85. The highest BCUT2D eigenvalue weighted by Crippen LogP contribution is 2.44. The summed E-state index contributed by atoms with van der Waals surface area (Å²) in [5, 5.41) is 16.8. The van der Waals surface area contributed by atoms with E-state index in [2.05, 4.69) is 21.2 Å². The van der Waals surface area contributed by atoms with Crippen LogP contribution in [0.2, 0.25) is 0 Å². The lowest BCUT2D eigenvalue weighted by Crippen LogP contribution is -2.30. The molecule has 2 N–H and O–H groups in total. The lowest BCUT2D eigenvalue weighted by atomic mass is 9.81. The van der Waals surface area contributed by atoms with Gasteiger partial charge in [-0.05, 0) is 74.6 Å². The Morgan fingerprint density at radius 2 is 1.82 bits per heavy atom. The van der Waals surface area contributed by atoms with E-state index in [0.29, 0.717) is 17.2 Å². The summed E-state index contributed by atoms with van der Waals surface area (Å²) < 4.78 is 5.48. The van der Waals surface area contributed by atoms with Crippen molar-refractivity contribution >= 4 is 11.0 Å². The zero-order chi connectivity index (χ0) is 23.4.